The number of amides is 2. The molecule has 1 heterocycles. The average Bonchev–Trinajstić information content (AvgIpc) is 2.68. The second-order valence-electron chi connectivity index (χ2n) is 6.38. The molecular formula is C21H18FN3O2S. The molecule has 28 heavy (non-hydrogen) atoms. The third-order valence-electron chi connectivity index (χ3n) is 4.32. The molecule has 2 amide bonds. The Bertz CT molecular complexity index is 980. The number of aryl methyl sites for hydroxylation is 1. The van der Waals surface area contributed by atoms with Gasteiger partial charge in [-0.1, -0.05) is 47.7 Å². The first kappa shape index (κ1) is 19.6. The van der Waals surface area contributed by atoms with Crippen molar-refractivity contribution in [3.63, 3.8) is 0 Å². The van der Waals surface area contributed by atoms with Crippen molar-refractivity contribution in [3.05, 3.63) is 76.1 Å². The summed E-state index contributed by atoms with van der Waals surface area (Å²) in [6.07, 6.45) is -0.0105. The topological polar surface area (TPSA) is 82.0 Å². The maximum Gasteiger partial charge on any atom is 0.234 e. The van der Waals surface area contributed by atoms with Crippen LogP contribution in [0.25, 0.3) is 0 Å². The van der Waals surface area contributed by atoms with Gasteiger partial charge in [-0.25, -0.2) is 4.39 Å². The maximum atomic E-state index is 14.2. The first-order valence-electron chi connectivity index (χ1n) is 8.66. The van der Waals surface area contributed by atoms with Crippen LogP contribution in [0.2, 0.25) is 0 Å². The lowest BCUT2D eigenvalue weighted by Gasteiger charge is -2.25. The number of nitriles is 1. The molecule has 2 N–H and O–H groups in total. The fraction of sp³-hybridized carbons (Fsp3) is 0.190. The van der Waals surface area contributed by atoms with Crippen LogP contribution >= 0.6 is 11.8 Å². The SMILES string of the molecule is Cc1ccc(NC(=O)CSC2=C(C#N)[C@@H](c3ccccc3F)CC(=O)N2)cc1. The molecule has 5 nitrogen and oxygen atoms in total. The molecule has 0 bridgehead atoms. The Morgan fingerprint density at radius 3 is 2.68 bits per heavy atom. The number of hydrogen-bond acceptors (Lipinski definition) is 4. The summed E-state index contributed by atoms with van der Waals surface area (Å²) in [6, 6.07) is 15.6. The molecule has 0 spiro atoms. The van der Waals surface area contributed by atoms with Crippen LogP contribution in [0.4, 0.5) is 10.1 Å². The number of allylic oxidation sites excluding steroid dienone is 1. The zero-order valence-corrected chi connectivity index (χ0v) is 16.0. The molecule has 0 saturated carbocycles. The summed E-state index contributed by atoms with van der Waals surface area (Å²) in [4.78, 5) is 24.3. The predicted octanol–water partition coefficient (Wildman–Crippen LogP) is 3.84. The number of rotatable bonds is 5. The summed E-state index contributed by atoms with van der Waals surface area (Å²) in [7, 11) is 0. The van der Waals surface area contributed by atoms with Crippen LogP contribution in [0.15, 0.2) is 59.1 Å². The van der Waals surface area contributed by atoms with Crippen molar-refractivity contribution in [2.75, 3.05) is 11.1 Å². The average molecular weight is 395 g/mol. The van der Waals surface area contributed by atoms with Crippen LogP contribution in [0.3, 0.4) is 0 Å². The monoisotopic (exact) mass is 395 g/mol. The molecule has 0 aliphatic carbocycles. The lowest BCUT2D eigenvalue weighted by Crippen LogP contribution is -2.31. The Hall–Kier alpha value is -3.11. The minimum Gasteiger partial charge on any atom is -0.325 e. The standard InChI is InChI=1S/C21H18FN3O2S/c1-13-6-8-14(9-7-13)24-20(27)12-28-21-17(11-23)16(10-19(26)25-21)15-4-2-3-5-18(15)22/h2-9,16H,10,12H2,1H3,(H,24,27)(H,25,26)/t16-/m1/s1. The molecule has 2 aromatic rings. The smallest absolute Gasteiger partial charge is 0.234 e. The van der Waals surface area contributed by atoms with Gasteiger partial charge in [-0.3, -0.25) is 9.59 Å². The molecule has 0 aromatic heterocycles. The minimum atomic E-state index is -0.664. The van der Waals surface area contributed by atoms with E-state index in [0.717, 1.165) is 17.3 Å². The number of nitrogens with zero attached hydrogens (tertiary/aromatic N) is 1. The number of thioether (sulfide) groups is 1. The van der Waals surface area contributed by atoms with E-state index in [1.54, 1.807) is 30.3 Å². The number of anilines is 1. The fourth-order valence-corrected chi connectivity index (χ4v) is 3.81. The van der Waals surface area contributed by atoms with Gasteiger partial charge in [0.15, 0.2) is 0 Å². The van der Waals surface area contributed by atoms with E-state index in [4.69, 9.17) is 0 Å². The van der Waals surface area contributed by atoms with Gasteiger partial charge < -0.3 is 10.6 Å². The summed E-state index contributed by atoms with van der Waals surface area (Å²) in [6.45, 7) is 1.95. The first-order chi connectivity index (χ1) is 13.5. The summed E-state index contributed by atoms with van der Waals surface area (Å²) < 4.78 is 14.2. The van der Waals surface area contributed by atoms with E-state index < -0.39 is 11.7 Å². The van der Waals surface area contributed by atoms with Crippen molar-refractivity contribution in [2.24, 2.45) is 0 Å². The molecule has 142 valence electrons. The third kappa shape index (κ3) is 4.59. The van der Waals surface area contributed by atoms with Crippen molar-refractivity contribution >= 4 is 29.3 Å². The Labute approximate surface area is 166 Å². The third-order valence-corrected chi connectivity index (χ3v) is 5.34. The Morgan fingerprint density at radius 2 is 2.00 bits per heavy atom. The highest BCUT2D eigenvalue weighted by Gasteiger charge is 2.31. The lowest BCUT2D eigenvalue weighted by atomic mass is 9.87. The van der Waals surface area contributed by atoms with E-state index >= 15 is 0 Å². The molecule has 2 aromatic carbocycles. The highest BCUT2D eigenvalue weighted by Crippen LogP contribution is 2.36. The number of carbonyl (C=O) groups excluding carboxylic acids is 2. The number of halogens is 1. The quantitative estimate of drug-likeness (QED) is 0.806. The number of benzene rings is 2. The van der Waals surface area contributed by atoms with E-state index in [0.29, 0.717) is 16.3 Å². The van der Waals surface area contributed by atoms with Crippen LogP contribution in [-0.4, -0.2) is 17.6 Å². The molecule has 7 heteroatoms. The van der Waals surface area contributed by atoms with E-state index in [2.05, 4.69) is 16.7 Å². The fourth-order valence-electron chi connectivity index (χ4n) is 2.93. The van der Waals surface area contributed by atoms with Gasteiger partial charge in [-0.2, -0.15) is 5.26 Å². The second-order valence-corrected chi connectivity index (χ2v) is 7.37. The van der Waals surface area contributed by atoms with Gasteiger partial charge in [-0.15, -0.1) is 0 Å². The molecule has 1 aliphatic rings. The van der Waals surface area contributed by atoms with Gasteiger partial charge in [0.2, 0.25) is 11.8 Å². The summed E-state index contributed by atoms with van der Waals surface area (Å²) >= 11 is 1.06. The van der Waals surface area contributed by atoms with Crippen LogP contribution in [0.5, 0.6) is 0 Å². The molecule has 1 atom stereocenters. The zero-order valence-electron chi connectivity index (χ0n) is 15.2. The zero-order chi connectivity index (χ0) is 20.1. The normalized spacial score (nSPS) is 16.3. The molecule has 0 fully saturated rings. The van der Waals surface area contributed by atoms with E-state index in [-0.39, 0.29) is 29.6 Å². The Balaban J connectivity index is 1.76. The van der Waals surface area contributed by atoms with Gasteiger partial charge >= 0.3 is 0 Å². The van der Waals surface area contributed by atoms with E-state index in [1.807, 2.05) is 19.1 Å². The van der Waals surface area contributed by atoms with Crippen molar-refractivity contribution in [1.82, 2.24) is 5.32 Å². The second kappa shape index (κ2) is 8.72. The Morgan fingerprint density at radius 1 is 1.29 bits per heavy atom. The number of nitrogens with one attached hydrogen (secondary N) is 2. The van der Waals surface area contributed by atoms with Crippen molar-refractivity contribution in [3.8, 4) is 6.07 Å². The largest absolute Gasteiger partial charge is 0.325 e. The molecule has 0 saturated heterocycles. The minimum absolute atomic E-state index is 0.0105. The summed E-state index contributed by atoms with van der Waals surface area (Å²) in [5.41, 5.74) is 2.32. The molecule has 3 rings (SSSR count). The maximum absolute atomic E-state index is 14.2. The molecule has 0 radical (unpaired) electrons. The van der Waals surface area contributed by atoms with Gasteiger partial charge in [0.1, 0.15) is 5.82 Å². The van der Waals surface area contributed by atoms with E-state index in [9.17, 15) is 19.2 Å². The van der Waals surface area contributed by atoms with Gasteiger partial charge in [0.25, 0.3) is 0 Å². The summed E-state index contributed by atoms with van der Waals surface area (Å²) in [5, 5.41) is 15.3. The first-order valence-corrected chi connectivity index (χ1v) is 9.64. The predicted molar refractivity (Wildman–Crippen MR) is 107 cm³/mol. The molecule has 1 aliphatic heterocycles. The van der Waals surface area contributed by atoms with E-state index in [1.165, 1.54) is 6.07 Å². The van der Waals surface area contributed by atoms with Gasteiger partial charge in [-0.05, 0) is 30.7 Å². The van der Waals surface area contributed by atoms with Crippen molar-refractivity contribution < 1.29 is 14.0 Å². The van der Waals surface area contributed by atoms with Crippen LogP contribution in [-0.2, 0) is 9.59 Å². The number of carbonyl (C=O) groups is 2. The highest BCUT2D eigenvalue weighted by atomic mass is 32.2. The number of hydrogen-bond donors (Lipinski definition) is 2. The van der Waals surface area contributed by atoms with Crippen LogP contribution in [0.1, 0.15) is 23.5 Å². The van der Waals surface area contributed by atoms with Crippen LogP contribution < -0.4 is 10.6 Å². The van der Waals surface area contributed by atoms with Crippen LogP contribution in [0, 0.1) is 24.1 Å². The molecular weight excluding hydrogens is 377 g/mol. The highest BCUT2D eigenvalue weighted by molar-refractivity contribution is 8.03. The van der Waals surface area contributed by atoms with Crippen molar-refractivity contribution in [1.29, 1.82) is 5.26 Å². The lowest BCUT2D eigenvalue weighted by molar-refractivity contribution is -0.121. The van der Waals surface area contributed by atoms with Crippen molar-refractivity contribution in [2.45, 2.75) is 19.3 Å². The Kier molecular flexibility index (Phi) is 6.12. The van der Waals surface area contributed by atoms with Gasteiger partial charge in [0.05, 0.1) is 22.4 Å². The summed E-state index contributed by atoms with van der Waals surface area (Å²) in [5.74, 6) is -1.69. The van der Waals surface area contributed by atoms with Gasteiger partial charge in [0, 0.05) is 18.0 Å². The molecule has 0 unspecified atom stereocenters.